The fraction of sp³-hybridized carbons (Fsp3) is 0.600. The molecule has 1 aromatic rings. The molecule has 0 amide bonds. The van der Waals surface area contributed by atoms with Crippen molar-refractivity contribution in [1.82, 2.24) is 5.32 Å². The van der Waals surface area contributed by atoms with Gasteiger partial charge in [-0.3, -0.25) is 15.4 Å². The molecular weight excluding hydrogens is 272 g/mol. The number of benzene rings is 1. The van der Waals surface area contributed by atoms with Crippen LogP contribution in [0.2, 0.25) is 0 Å². The van der Waals surface area contributed by atoms with Crippen LogP contribution in [0.1, 0.15) is 25.8 Å². The highest BCUT2D eigenvalue weighted by molar-refractivity contribution is 5.15. The lowest BCUT2D eigenvalue weighted by molar-refractivity contribution is -0.598. The summed E-state index contributed by atoms with van der Waals surface area (Å²) in [4.78, 5) is 11.2. The van der Waals surface area contributed by atoms with E-state index < -0.39 is 11.4 Å². The first-order chi connectivity index (χ1) is 10.00. The van der Waals surface area contributed by atoms with Gasteiger partial charge in [-0.05, 0) is 18.5 Å². The van der Waals surface area contributed by atoms with Gasteiger partial charge in [-0.25, -0.2) is 0 Å². The average Bonchev–Trinajstić information content (AvgIpc) is 2.48. The van der Waals surface area contributed by atoms with Crippen LogP contribution in [0.4, 0.5) is 0 Å². The molecule has 0 aliphatic carbocycles. The quantitative estimate of drug-likeness (QED) is 0.641. The van der Waals surface area contributed by atoms with E-state index in [1.807, 2.05) is 37.3 Å². The molecule has 6 heteroatoms. The monoisotopic (exact) mass is 294 g/mol. The van der Waals surface area contributed by atoms with Crippen molar-refractivity contribution in [3.63, 3.8) is 0 Å². The highest BCUT2D eigenvalue weighted by Gasteiger charge is 2.50. The maximum Gasteiger partial charge on any atom is 0.268 e. The van der Waals surface area contributed by atoms with Gasteiger partial charge in [0.25, 0.3) is 5.54 Å². The molecule has 1 saturated heterocycles. The summed E-state index contributed by atoms with van der Waals surface area (Å²) in [6.07, 6.45) is 1.03. The predicted octanol–water partition coefficient (Wildman–Crippen LogP) is 1.96. The van der Waals surface area contributed by atoms with Crippen molar-refractivity contribution >= 4 is 0 Å². The maximum atomic E-state index is 11.5. The third kappa shape index (κ3) is 3.78. The number of ether oxygens (including phenoxy) is 2. The molecule has 0 atom stereocenters. The van der Waals surface area contributed by atoms with Gasteiger partial charge in [0.1, 0.15) is 13.2 Å². The molecule has 0 spiro atoms. The molecule has 1 aliphatic rings. The van der Waals surface area contributed by atoms with Crippen molar-refractivity contribution < 1.29 is 14.4 Å². The highest BCUT2D eigenvalue weighted by atomic mass is 16.7. The summed E-state index contributed by atoms with van der Waals surface area (Å²) < 4.78 is 11.2. The maximum absolute atomic E-state index is 11.5. The van der Waals surface area contributed by atoms with Gasteiger partial charge in [-0.15, -0.1) is 0 Å². The number of hydrogen-bond acceptors (Lipinski definition) is 5. The van der Waals surface area contributed by atoms with Gasteiger partial charge in [0, 0.05) is 18.3 Å². The summed E-state index contributed by atoms with van der Waals surface area (Å²) in [5.74, 6) is -0.930. The normalized spacial score (nSPS) is 29.2. The standard InChI is InChI=1S/C15H22N2O4/c1-3-16-14(2)20-11-15(12-21-14,17(18)19)10-9-13-7-5-4-6-8-13/h4-8,16H,3,9-12H2,1-2H3. The number of nitro groups is 1. The Bertz CT molecular complexity index is 470. The molecule has 0 saturated carbocycles. The number of nitrogens with zero attached hydrogens (tertiary/aromatic N) is 1. The van der Waals surface area contributed by atoms with E-state index in [9.17, 15) is 10.1 Å². The summed E-state index contributed by atoms with van der Waals surface area (Å²) in [6.45, 7) is 4.46. The fourth-order valence-electron chi connectivity index (χ4n) is 2.41. The molecule has 21 heavy (non-hydrogen) atoms. The zero-order chi connectivity index (χ0) is 15.3. The number of nitrogens with one attached hydrogen (secondary N) is 1. The van der Waals surface area contributed by atoms with Gasteiger partial charge in [0.15, 0.2) is 0 Å². The zero-order valence-electron chi connectivity index (χ0n) is 12.5. The SMILES string of the molecule is CCNC1(C)OCC(CCc2ccccc2)([N+](=O)[O-])CO1. The molecule has 0 radical (unpaired) electrons. The first-order valence-electron chi connectivity index (χ1n) is 7.21. The zero-order valence-corrected chi connectivity index (χ0v) is 12.5. The Morgan fingerprint density at radius 2 is 1.90 bits per heavy atom. The first-order valence-corrected chi connectivity index (χ1v) is 7.21. The third-order valence-electron chi connectivity index (χ3n) is 3.84. The lowest BCUT2D eigenvalue weighted by atomic mass is 9.92. The molecule has 0 aromatic heterocycles. The molecular formula is C15H22N2O4. The van der Waals surface area contributed by atoms with Crippen molar-refractivity contribution in [1.29, 1.82) is 0 Å². The van der Waals surface area contributed by atoms with Crippen molar-refractivity contribution in [3.8, 4) is 0 Å². The van der Waals surface area contributed by atoms with Gasteiger partial charge in [0.05, 0.1) is 0 Å². The van der Waals surface area contributed by atoms with Crippen molar-refractivity contribution in [2.24, 2.45) is 0 Å². The molecule has 0 unspecified atom stereocenters. The Kier molecular flexibility index (Phi) is 4.92. The summed E-state index contributed by atoms with van der Waals surface area (Å²) in [5.41, 5.74) is -0.0937. The molecule has 1 heterocycles. The van der Waals surface area contributed by atoms with Crippen LogP contribution in [0.15, 0.2) is 30.3 Å². The van der Waals surface area contributed by atoms with Crippen molar-refractivity contribution in [2.45, 2.75) is 38.1 Å². The van der Waals surface area contributed by atoms with Crippen LogP contribution in [0.25, 0.3) is 0 Å². The Labute approximate surface area is 124 Å². The predicted molar refractivity (Wildman–Crippen MR) is 78.5 cm³/mol. The van der Waals surface area contributed by atoms with Crippen LogP contribution in [0.5, 0.6) is 0 Å². The number of hydrogen-bond donors (Lipinski definition) is 1. The molecule has 6 nitrogen and oxygen atoms in total. The summed E-state index contributed by atoms with van der Waals surface area (Å²) >= 11 is 0. The second-order valence-electron chi connectivity index (χ2n) is 5.52. The highest BCUT2D eigenvalue weighted by Crippen LogP contribution is 2.28. The van der Waals surface area contributed by atoms with Gasteiger partial charge < -0.3 is 9.47 Å². The molecule has 2 rings (SSSR count). The molecule has 116 valence electrons. The molecule has 1 aromatic carbocycles. The third-order valence-corrected chi connectivity index (χ3v) is 3.84. The van der Waals surface area contributed by atoms with E-state index in [-0.39, 0.29) is 18.1 Å². The Hall–Kier alpha value is -1.50. The van der Waals surface area contributed by atoms with E-state index in [0.717, 1.165) is 5.56 Å². The Morgan fingerprint density at radius 3 is 2.43 bits per heavy atom. The van der Waals surface area contributed by atoms with E-state index in [1.54, 1.807) is 6.92 Å². The van der Waals surface area contributed by atoms with Crippen LogP contribution in [0.3, 0.4) is 0 Å². The summed E-state index contributed by atoms with van der Waals surface area (Å²) in [5, 5.41) is 14.5. The summed E-state index contributed by atoms with van der Waals surface area (Å²) in [6, 6.07) is 9.75. The van der Waals surface area contributed by atoms with Crippen LogP contribution >= 0.6 is 0 Å². The van der Waals surface area contributed by atoms with E-state index in [1.165, 1.54) is 0 Å². The van der Waals surface area contributed by atoms with Gasteiger partial charge in [0.2, 0.25) is 5.91 Å². The smallest absolute Gasteiger partial charge is 0.268 e. The second-order valence-corrected chi connectivity index (χ2v) is 5.52. The number of rotatable bonds is 6. The second kappa shape index (κ2) is 6.51. The van der Waals surface area contributed by atoms with E-state index >= 15 is 0 Å². The Balaban J connectivity index is 2.01. The summed E-state index contributed by atoms with van der Waals surface area (Å²) in [7, 11) is 0. The minimum Gasteiger partial charge on any atom is -0.330 e. The van der Waals surface area contributed by atoms with Gasteiger partial charge in [-0.1, -0.05) is 37.3 Å². The van der Waals surface area contributed by atoms with E-state index in [2.05, 4.69) is 5.32 Å². The first kappa shape index (κ1) is 15.9. The fourth-order valence-corrected chi connectivity index (χ4v) is 2.41. The molecule has 1 N–H and O–H groups in total. The molecule has 0 bridgehead atoms. The molecule has 1 fully saturated rings. The van der Waals surface area contributed by atoms with Crippen LogP contribution < -0.4 is 5.32 Å². The minimum absolute atomic E-state index is 0.0519. The van der Waals surface area contributed by atoms with Gasteiger partial charge >= 0.3 is 0 Å². The lowest BCUT2D eigenvalue weighted by Crippen LogP contribution is -2.61. The van der Waals surface area contributed by atoms with Crippen LogP contribution in [-0.4, -0.2) is 36.1 Å². The van der Waals surface area contributed by atoms with Crippen molar-refractivity contribution in [3.05, 3.63) is 46.0 Å². The average molecular weight is 294 g/mol. The Morgan fingerprint density at radius 1 is 1.29 bits per heavy atom. The van der Waals surface area contributed by atoms with Crippen molar-refractivity contribution in [2.75, 3.05) is 19.8 Å². The lowest BCUT2D eigenvalue weighted by Gasteiger charge is -2.40. The largest absolute Gasteiger partial charge is 0.330 e. The minimum atomic E-state index is -1.18. The number of aryl methyl sites for hydroxylation is 1. The van der Waals surface area contributed by atoms with Gasteiger partial charge in [-0.2, -0.15) is 0 Å². The molecule has 1 aliphatic heterocycles. The van der Waals surface area contributed by atoms with E-state index in [4.69, 9.17) is 9.47 Å². The van der Waals surface area contributed by atoms with Crippen LogP contribution in [0, 0.1) is 10.1 Å². The topological polar surface area (TPSA) is 73.6 Å². The van der Waals surface area contributed by atoms with E-state index in [0.29, 0.717) is 19.4 Å². The van der Waals surface area contributed by atoms with Crippen LogP contribution in [-0.2, 0) is 15.9 Å².